The molecule has 0 aliphatic rings. The highest BCUT2D eigenvalue weighted by Crippen LogP contribution is 2.29. The zero-order valence-electron chi connectivity index (χ0n) is 8.18. The summed E-state index contributed by atoms with van der Waals surface area (Å²) in [6.45, 7) is 9.94. The maximum Gasteiger partial charge on any atom is 0.303 e. The van der Waals surface area contributed by atoms with Gasteiger partial charge in [0.05, 0.1) is 0 Å². The number of hydrogen-bond donors (Lipinski definition) is 1. The second-order valence-electron chi connectivity index (χ2n) is 4.19. The molecule has 0 rings (SSSR count). The standard InChI is InChI=1S/C10H18O2/c1-8(2)7-10(3,4)6-5-9(11)12/h1,5-7H2,2-4H3,(H,11,12). The van der Waals surface area contributed by atoms with Gasteiger partial charge in [-0.25, -0.2) is 0 Å². The molecule has 0 aliphatic carbocycles. The van der Waals surface area contributed by atoms with Gasteiger partial charge in [0, 0.05) is 6.42 Å². The molecular formula is C10H18O2. The van der Waals surface area contributed by atoms with Gasteiger partial charge < -0.3 is 5.11 Å². The van der Waals surface area contributed by atoms with Crippen LogP contribution in [0.5, 0.6) is 0 Å². The minimum Gasteiger partial charge on any atom is -0.481 e. The van der Waals surface area contributed by atoms with Crippen LogP contribution < -0.4 is 0 Å². The molecule has 70 valence electrons. The molecule has 2 heteroatoms. The van der Waals surface area contributed by atoms with E-state index >= 15 is 0 Å². The molecule has 0 atom stereocenters. The van der Waals surface area contributed by atoms with Gasteiger partial charge in [-0.1, -0.05) is 19.4 Å². The van der Waals surface area contributed by atoms with Gasteiger partial charge in [0.2, 0.25) is 0 Å². The molecule has 0 unspecified atom stereocenters. The van der Waals surface area contributed by atoms with Crippen molar-refractivity contribution in [1.29, 1.82) is 0 Å². The number of carboxylic acids is 1. The number of hydrogen-bond acceptors (Lipinski definition) is 1. The lowest BCUT2D eigenvalue weighted by Gasteiger charge is -2.23. The molecule has 0 aromatic heterocycles. The van der Waals surface area contributed by atoms with E-state index in [9.17, 15) is 4.79 Å². The average molecular weight is 170 g/mol. The van der Waals surface area contributed by atoms with E-state index in [4.69, 9.17) is 5.11 Å². The largest absolute Gasteiger partial charge is 0.481 e. The quantitative estimate of drug-likeness (QED) is 0.644. The molecular weight excluding hydrogens is 152 g/mol. The summed E-state index contributed by atoms with van der Waals surface area (Å²) in [4.78, 5) is 10.3. The number of carbonyl (C=O) groups is 1. The molecule has 0 aromatic rings. The second kappa shape index (κ2) is 4.29. The third kappa shape index (κ3) is 5.96. The smallest absolute Gasteiger partial charge is 0.303 e. The fraction of sp³-hybridized carbons (Fsp3) is 0.700. The molecule has 0 spiro atoms. The molecule has 0 heterocycles. The van der Waals surface area contributed by atoms with Crippen molar-refractivity contribution >= 4 is 5.97 Å². The van der Waals surface area contributed by atoms with Crippen LogP contribution in [0, 0.1) is 5.41 Å². The van der Waals surface area contributed by atoms with Crippen LogP contribution in [-0.2, 0) is 4.79 Å². The number of carboxylic acid groups (broad SMARTS) is 1. The monoisotopic (exact) mass is 170 g/mol. The normalized spacial score (nSPS) is 11.2. The Hall–Kier alpha value is -0.790. The van der Waals surface area contributed by atoms with Gasteiger partial charge in [0.15, 0.2) is 0 Å². The van der Waals surface area contributed by atoms with E-state index in [1.54, 1.807) is 0 Å². The van der Waals surface area contributed by atoms with Crippen molar-refractivity contribution in [2.45, 2.75) is 40.0 Å². The summed E-state index contributed by atoms with van der Waals surface area (Å²) < 4.78 is 0. The minimum atomic E-state index is -0.718. The summed E-state index contributed by atoms with van der Waals surface area (Å²) in [6.07, 6.45) is 1.87. The molecule has 0 saturated carbocycles. The Morgan fingerprint density at radius 1 is 1.50 bits per heavy atom. The lowest BCUT2D eigenvalue weighted by Crippen LogP contribution is -2.13. The topological polar surface area (TPSA) is 37.3 Å². The van der Waals surface area contributed by atoms with Crippen LogP contribution in [0.4, 0.5) is 0 Å². The highest BCUT2D eigenvalue weighted by Gasteiger charge is 2.18. The van der Waals surface area contributed by atoms with Gasteiger partial charge in [-0.3, -0.25) is 4.79 Å². The van der Waals surface area contributed by atoms with Gasteiger partial charge in [-0.05, 0) is 25.2 Å². The predicted octanol–water partition coefficient (Wildman–Crippen LogP) is 2.84. The zero-order valence-corrected chi connectivity index (χ0v) is 8.18. The van der Waals surface area contributed by atoms with E-state index in [2.05, 4.69) is 20.4 Å². The Morgan fingerprint density at radius 2 is 2.00 bits per heavy atom. The van der Waals surface area contributed by atoms with Gasteiger partial charge in [-0.15, -0.1) is 6.58 Å². The molecule has 0 aromatic carbocycles. The fourth-order valence-electron chi connectivity index (χ4n) is 1.35. The Balaban J connectivity index is 3.86. The number of rotatable bonds is 5. The van der Waals surface area contributed by atoms with Crippen LogP contribution in [0.2, 0.25) is 0 Å². The first-order chi connectivity index (χ1) is 5.33. The molecule has 2 nitrogen and oxygen atoms in total. The Kier molecular flexibility index (Phi) is 4.01. The highest BCUT2D eigenvalue weighted by atomic mass is 16.4. The SMILES string of the molecule is C=C(C)CC(C)(C)CCC(=O)O. The summed E-state index contributed by atoms with van der Waals surface area (Å²) in [6, 6.07) is 0. The Labute approximate surface area is 74.3 Å². The number of allylic oxidation sites excluding steroid dienone is 1. The van der Waals surface area contributed by atoms with Gasteiger partial charge >= 0.3 is 5.97 Å². The highest BCUT2D eigenvalue weighted by molar-refractivity contribution is 5.66. The van der Waals surface area contributed by atoms with Gasteiger partial charge in [-0.2, -0.15) is 0 Å². The summed E-state index contributed by atoms with van der Waals surface area (Å²) in [5.41, 5.74) is 1.19. The van der Waals surface area contributed by atoms with Crippen LogP contribution in [-0.4, -0.2) is 11.1 Å². The minimum absolute atomic E-state index is 0.0736. The van der Waals surface area contributed by atoms with Gasteiger partial charge in [0.25, 0.3) is 0 Å². The van der Waals surface area contributed by atoms with E-state index in [1.807, 2.05) is 6.92 Å². The lowest BCUT2D eigenvalue weighted by atomic mass is 9.82. The van der Waals surface area contributed by atoms with E-state index in [0.29, 0.717) is 0 Å². The van der Waals surface area contributed by atoms with Crippen molar-refractivity contribution in [3.05, 3.63) is 12.2 Å². The summed E-state index contributed by atoms with van der Waals surface area (Å²) in [5, 5.41) is 8.49. The number of aliphatic carboxylic acids is 1. The fourth-order valence-corrected chi connectivity index (χ4v) is 1.35. The maximum atomic E-state index is 10.3. The molecule has 0 aliphatic heterocycles. The second-order valence-corrected chi connectivity index (χ2v) is 4.19. The van der Waals surface area contributed by atoms with Crippen LogP contribution in [0.25, 0.3) is 0 Å². The van der Waals surface area contributed by atoms with Crippen LogP contribution >= 0.6 is 0 Å². The Bertz CT molecular complexity index is 180. The predicted molar refractivity (Wildman–Crippen MR) is 50.1 cm³/mol. The van der Waals surface area contributed by atoms with Crippen LogP contribution in [0.15, 0.2) is 12.2 Å². The summed E-state index contributed by atoms with van der Waals surface area (Å²) in [5.74, 6) is -0.718. The maximum absolute atomic E-state index is 10.3. The first-order valence-corrected chi connectivity index (χ1v) is 4.20. The molecule has 12 heavy (non-hydrogen) atoms. The van der Waals surface area contributed by atoms with E-state index in [-0.39, 0.29) is 11.8 Å². The van der Waals surface area contributed by atoms with E-state index in [0.717, 1.165) is 18.4 Å². The van der Waals surface area contributed by atoms with Gasteiger partial charge in [0.1, 0.15) is 0 Å². The third-order valence-electron chi connectivity index (χ3n) is 1.80. The van der Waals surface area contributed by atoms with Crippen molar-refractivity contribution in [2.24, 2.45) is 5.41 Å². The summed E-state index contributed by atoms with van der Waals surface area (Å²) >= 11 is 0. The van der Waals surface area contributed by atoms with Crippen molar-refractivity contribution in [2.75, 3.05) is 0 Å². The Morgan fingerprint density at radius 3 is 2.33 bits per heavy atom. The lowest BCUT2D eigenvalue weighted by molar-refractivity contribution is -0.137. The molecule has 0 radical (unpaired) electrons. The van der Waals surface area contributed by atoms with Crippen molar-refractivity contribution in [3.63, 3.8) is 0 Å². The first kappa shape index (κ1) is 11.2. The van der Waals surface area contributed by atoms with Crippen LogP contribution in [0.3, 0.4) is 0 Å². The molecule has 0 saturated heterocycles. The average Bonchev–Trinajstić information content (AvgIpc) is 1.81. The zero-order chi connectivity index (χ0) is 9.78. The van der Waals surface area contributed by atoms with Crippen LogP contribution in [0.1, 0.15) is 40.0 Å². The van der Waals surface area contributed by atoms with E-state index in [1.165, 1.54) is 0 Å². The van der Waals surface area contributed by atoms with Crippen molar-refractivity contribution < 1.29 is 9.90 Å². The molecule has 0 fully saturated rings. The molecule has 1 N–H and O–H groups in total. The summed E-state index contributed by atoms with van der Waals surface area (Å²) in [7, 11) is 0. The van der Waals surface area contributed by atoms with Crippen molar-refractivity contribution in [3.8, 4) is 0 Å². The first-order valence-electron chi connectivity index (χ1n) is 4.20. The van der Waals surface area contributed by atoms with E-state index < -0.39 is 5.97 Å². The third-order valence-corrected chi connectivity index (χ3v) is 1.80. The molecule has 0 bridgehead atoms. The molecule has 0 amide bonds. The van der Waals surface area contributed by atoms with Crippen molar-refractivity contribution in [1.82, 2.24) is 0 Å².